The van der Waals surface area contributed by atoms with E-state index in [4.69, 9.17) is 5.11 Å². The summed E-state index contributed by atoms with van der Waals surface area (Å²) in [5.41, 5.74) is 0. The Kier molecular flexibility index (Phi) is 4.07. The zero-order chi connectivity index (χ0) is 13.0. The maximum atomic E-state index is 11.9. The molecule has 2 heterocycles. The Balaban J connectivity index is 1.99. The molecule has 0 aliphatic heterocycles. The largest absolute Gasteiger partial charge is 0.391 e. The summed E-state index contributed by atoms with van der Waals surface area (Å²) in [5, 5.41) is 14.2. The van der Waals surface area contributed by atoms with E-state index in [1.807, 2.05) is 0 Å². The average molecular weight is 289 g/mol. The number of aliphatic hydroxyl groups excluding tert-OH is 1. The Morgan fingerprint density at radius 1 is 1.50 bits per heavy atom. The number of aliphatic hydroxyl groups is 1. The van der Waals surface area contributed by atoms with Gasteiger partial charge in [-0.05, 0) is 11.4 Å². The van der Waals surface area contributed by atoms with E-state index in [1.54, 1.807) is 5.38 Å². The fourth-order valence-electron chi connectivity index (χ4n) is 1.36. The Labute approximate surface area is 108 Å². The monoisotopic (exact) mass is 289 g/mol. The minimum Gasteiger partial charge on any atom is -0.391 e. The van der Waals surface area contributed by atoms with Gasteiger partial charge in [0.05, 0.1) is 11.5 Å². The van der Waals surface area contributed by atoms with E-state index in [-0.39, 0.29) is 18.0 Å². The molecule has 0 unspecified atom stereocenters. The van der Waals surface area contributed by atoms with Crippen molar-refractivity contribution >= 4 is 21.4 Å². The third-order valence-electron chi connectivity index (χ3n) is 2.19. The average Bonchev–Trinajstić information content (AvgIpc) is 2.99. The summed E-state index contributed by atoms with van der Waals surface area (Å²) in [4.78, 5) is 4.31. The first kappa shape index (κ1) is 13.1. The minimum absolute atomic E-state index is 0.114. The quantitative estimate of drug-likeness (QED) is 0.784. The molecule has 0 fully saturated rings. The van der Waals surface area contributed by atoms with Crippen molar-refractivity contribution in [3.8, 4) is 0 Å². The molecule has 2 aromatic rings. The van der Waals surface area contributed by atoms with Crippen LogP contribution in [-0.4, -0.2) is 30.2 Å². The van der Waals surface area contributed by atoms with E-state index in [0.717, 1.165) is 0 Å². The summed E-state index contributed by atoms with van der Waals surface area (Å²) < 4.78 is 30.8. The van der Waals surface area contributed by atoms with Crippen LogP contribution >= 0.6 is 11.3 Å². The van der Waals surface area contributed by atoms with Gasteiger partial charge in [0.15, 0.2) is 5.82 Å². The highest BCUT2D eigenvalue weighted by Gasteiger charge is 2.18. The SMILES string of the molecule is O=S(=O)(NCCc1ncon1)c1ccsc1CO. The van der Waals surface area contributed by atoms with Crippen molar-refractivity contribution in [2.75, 3.05) is 6.54 Å². The van der Waals surface area contributed by atoms with Crippen LogP contribution in [0.1, 0.15) is 10.7 Å². The normalized spacial score (nSPS) is 11.8. The van der Waals surface area contributed by atoms with Crippen molar-refractivity contribution in [2.45, 2.75) is 17.9 Å². The molecule has 18 heavy (non-hydrogen) atoms. The molecule has 0 spiro atoms. The Bertz CT molecular complexity index is 591. The van der Waals surface area contributed by atoms with Crippen molar-refractivity contribution in [2.24, 2.45) is 0 Å². The second-order valence-corrected chi connectivity index (χ2v) is 6.10. The first-order chi connectivity index (χ1) is 8.63. The zero-order valence-corrected chi connectivity index (χ0v) is 10.9. The van der Waals surface area contributed by atoms with Gasteiger partial charge in [-0.1, -0.05) is 5.16 Å². The van der Waals surface area contributed by atoms with Gasteiger partial charge in [0.1, 0.15) is 0 Å². The molecule has 0 saturated heterocycles. The molecular weight excluding hydrogens is 278 g/mol. The summed E-state index contributed by atoms with van der Waals surface area (Å²) in [7, 11) is -3.60. The first-order valence-corrected chi connectivity index (χ1v) is 7.42. The molecule has 7 nitrogen and oxygen atoms in total. The van der Waals surface area contributed by atoms with Crippen LogP contribution < -0.4 is 4.72 Å². The number of hydrogen-bond donors (Lipinski definition) is 2. The number of aromatic nitrogens is 2. The van der Waals surface area contributed by atoms with Gasteiger partial charge in [0, 0.05) is 17.8 Å². The maximum Gasteiger partial charge on any atom is 0.241 e. The topological polar surface area (TPSA) is 105 Å². The van der Waals surface area contributed by atoms with Crippen LogP contribution in [0.25, 0.3) is 0 Å². The molecule has 0 aromatic carbocycles. The predicted octanol–water partition coefficient (Wildman–Crippen LogP) is 0.144. The second-order valence-electron chi connectivity index (χ2n) is 3.36. The standard InChI is InChI=1S/C9H11N3O4S2/c13-5-7-8(2-4-17-7)18(14,15)11-3-1-9-10-6-16-12-9/h2,4,6,11,13H,1,3,5H2. The number of nitrogens with zero attached hydrogens (tertiary/aromatic N) is 2. The number of sulfonamides is 1. The van der Waals surface area contributed by atoms with Crippen LogP contribution in [0.3, 0.4) is 0 Å². The van der Waals surface area contributed by atoms with Gasteiger partial charge in [0.25, 0.3) is 0 Å². The summed E-state index contributed by atoms with van der Waals surface area (Å²) in [6.45, 7) is -0.124. The Hall–Kier alpha value is -1.29. The highest BCUT2D eigenvalue weighted by atomic mass is 32.2. The van der Waals surface area contributed by atoms with Crippen LogP contribution in [0, 0.1) is 0 Å². The van der Waals surface area contributed by atoms with Crippen LogP contribution in [0.4, 0.5) is 0 Å². The van der Waals surface area contributed by atoms with Crippen LogP contribution in [0.5, 0.6) is 0 Å². The predicted molar refractivity (Wildman–Crippen MR) is 63.4 cm³/mol. The molecule has 0 saturated carbocycles. The molecule has 0 radical (unpaired) electrons. The molecule has 0 amide bonds. The van der Waals surface area contributed by atoms with Crippen molar-refractivity contribution in [1.82, 2.24) is 14.9 Å². The van der Waals surface area contributed by atoms with E-state index in [0.29, 0.717) is 17.1 Å². The highest BCUT2D eigenvalue weighted by Crippen LogP contribution is 2.21. The molecule has 2 aromatic heterocycles. The van der Waals surface area contributed by atoms with Gasteiger partial charge in [-0.3, -0.25) is 0 Å². The lowest BCUT2D eigenvalue weighted by molar-refractivity contribution is 0.282. The third kappa shape index (κ3) is 2.93. The number of rotatable bonds is 6. The van der Waals surface area contributed by atoms with E-state index >= 15 is 0 Å². The van der Waals surface area contributed by atoms with Crippen molar-refractivity contribution < 1.29 is 18.0 Å². The summed E-state index contributed by atoms with van der Waals surface area (Å²) >= 11 is 1.20. The Morgan fingerprint density at radius 3 is 3.00 bits per heavy atom. The fourth-order valence-corrected chi connectivity index (χ4v) is 3.69. The third-order valence-corrected chi connectivity index (χ3v) is 4.77. The molecule has 2 N–H and O–H groups in total. The molecule has 9 heteroatoms. The van der Waals surface area contributed by atoms with Gasteiger partial charge in [-0.25, -0.2) is 13.1 Å². The first-order valence-electron chi connectivity index (χ1n) is 5.05. The highest BCUT2D eigenvalue weighted by molar-refractivity contribution is 7.89. The Morgan fingerprint density at radius 2 is 2.33 bits per heavy atom. The lowest BCUT2D eigenvalue weighted by atomic mass is 10.4. The van der Waals surface area contributed by atoms with Gasteiger partial charge < -0.3 is 9.63 Å². The zero-order valence-electron chi connectivity index (χ0n) is 9.24. The molecule has 98 valence electrons. The van der Waals surface area contributed by atoms with Crippen molar-refractivity contribution in [3.63, 3.8) is 0 Å². The van der Waals surface area contributed by atoms with E-state index in [2.05, 4.69) is 19.4 Å². The van der Waals surface area contributed by atoms with Gasteiger partial charge in [-0.15, -0.1) is 11.3 Å². The lowest BCUT2D eigenvalue weighted by Gasteiger charge is -2.05. The molecule has 0 atom stereocenters. The number of nitrogens with one attached hydrogen (secondary N) is 1. The smallest absolute Gasteiger partial charge is 0.241 e. The molecule has 2 rings (SSSR count). The van der Waals surface area contributed by atoms with Crippen LogP contribution in [0.2, 0.25) is 0 Å². The minimum atomic E-state index is -3.60. The number of thiophene rings is 1. The second kappa shape index (κ2) is 5.57. The van der Waals surface area contributed by atoms with E-state index < -0.39 is 10.0 Å². The summed E-state index contributed by atoms with van der Waals surface area (Å²) in [5.74, 6) is 0.436. The molecule has 0 aliphatic rings. The fraction of sp³-hybridized carbons (Fsp3) is 0.333. The summed E-state index contributed by atoms with van der Waals surface area (Å²) in [6.07, 6.45) is 1.53. The molecular formula is C9H11N3O4S2. The van der Waals surface area contributed by atoms with Crippen LogP contribution in [-0.2, 0) is 23.1 Å². The van der Waals surface area contributed by atoms with E-state index in [9.17, 15) is 8.42 Å². The summed E-state index contributed by atoms with van der Waals surface area (Å²) in [6, 6.07) is 1.47. The lowest BCUT2D eigenvalue weighted by Crippen LogP contribution is -2.26. The van der Waals surface area contributed by atoms with Gasteiger partial charge in [0.2, 0.25) is 16.4 Å². The van der Waals surface area contributed by atoms with E-state index in [1.165, 1.54) is 23.8 Å². The molecule has 0 aliphatic carbocycles. The van der Waals surface area contributed by atoms with Gasteiger partial charge >= 0.3 is 0 Å². The number of hydrogen-bond acceptors (Lipinski definition) is 7. The molecule has 0 bridgehead atoms. The van der Waals surface area contributed by atoms with Crippen molar-refractivity contribution in [3.05, 3.63) is 28.5 Å². The van der Waals surface area contributed by atoms with Crippen LogP contribution in [0.15, 0.2) is 27.3 Å². The van der Waals surface area contributed by atoms with Gasteiger partial charge in [-0.2, -0.15) is 4.98 Å². The maximum absolute atomic E-state index is 11.9. The van der Waals surface area contributed by atoms with Crippen molar-refractivity contribution in [1.29, 1.82) is 0 Å².